The number of benzene rings is 3. The number of ether oxygens (including phenoxy) is 2. The molecule has 208 valence electrons. The quantitative estimate of drug-likeness (QED) is 0.0986. The summed E-state index contributed by atoms with van der Waals surface area (Å²) < 4.78 is 13.2. The zero-order chi connectivity index (χ0) is 28.7. The van der Waals surface area contributed by atoms with Crippen molar-refractivity contribution < 1.29 is 24.2 Å². The highest BCUT2D eigenvalue weighted by Gasteiger charge is 2.32. The maximum Gasteiger partial charge on any atom is 0.235 e. The van der Waals surface area contributed by atoms with Crippen molar-refractivity contribution in [2.45, 2.75) is 32.2 Å². The summed E-state index contributed by atoms with van der Waals surface area (Å²) in [5.41, 5.74) is 8.11. The van der Waals surface area contributed by atoms with Gasteiger partial charge in [-0.05, 0) is 124 Å². The Labute approximate surface area is 261 Å². The Morgan fingerprint density at radius 2 is 1.56 bits per heavy atom. The lowest BCUT2D eigenvalue weighted by Crippen LogP contribution is -2.37. The van der Waals surface area contributed by atoms with E-state index in [9.17, 15) is 14.7 Å². The molecular weight excluding hydrogens is 764 g/mol. The largest absolute Gasteiger partial charge is 0.506 e. The van der Waals surface area contributed by atoms with E-state index in [-0.39, 0.29) is 12.2 Å². The van der Waals surface area contributed by atoms with Gasteiger partial charge in [0.1, 0.15) is 23.2 Å². The summed E-state index contributed by atoms with van der Waals surface area (Å²) in [7, 11) is 1.55. The molecule has 3 aromatic rings. The van der Waals surface area contributed by atoms with Crippen molar-refractivity contribution in [3.05, 3.63) is 77.5 Å². The maximum atomic E-state index is 13.7. The molecule has 4 N–H and O–H groups in total. The molecule has 0 radical (unpaired) electrons. The van der Waals surface area contributed by atoms with Crippen LogP contribution in [0.1, 0.15) is 36.9 Å². The zero-order valence-electron chi connectivity index (χ0n) is 21.3. The molecule has 0 aromatic heterocycles. The highest BCUT2D eigenvalue weighted by Crippen LogP contribution is 2.37. The lowest BCUT2D eigenvalue weighted by atomic mass is 9.88. The van der Waals surface area contributed by atoms with E-state index in [1.54, 1.807) is 55.6 Å². The van der Waals surface area contributed by atoms with Gasteiger partial charge in [-0.1, -0.05) is 25.5 Å². The van der Waals surface area contributed by atoms with Gasteiger partial charge in [0.05, 0.1) is 37.6 Å². The smallest absolute Gasteiger partial charge is 0.235 e. The van der Waals surface area contributed by atoms with Crippen LogP contribution in [0.5, 0.6) is 17.2 Å². The van der Waals surface area contributed by atoms with Gasteiger partial charge in [0, 0.05) is 5.69 Å². The third kappa shape index (κ3) is 8.29. The molecule has 0 spiro atoms. The summed E-state index contributed by atoms with van der Waals surface area (Å²) >= 11 is 13.5. The number of ketones is 1. The summed E-state index contributed by atoms with van der Waals surface area (Å²) in [6.45, 7) is 2.70. The highest BCUT2D eigenvalue weighted by atomic mass is 79.9. The summed E-state index contributed by atoms with van der Waals surface area (Å²) in [5, 5.41) is 12.8. The number of nitrogens with one attached hydrogen (secondary N) is 1. The van der Waals surface area contributed by atoms with Crippen LogP contribution in [0.2, 0.25) is 0 Å². The molecular formula is C28H28Br4N2O5. The van der Waals surface area contributed by atoms with Crippen molar-refractivity contribution >= 4 is 81.1 Å². The van der Waals surface area contributed by atoms with E-state index in [1.807, 2.05) is 0 Å². The number of rotatable bonds is 12. The number of phenolic OH excluding ortho intramolecular Hbond substituents is 1. The SMILES string of the molecule is CCCCOc1ccc(C(N)C(=O)C(Cc2cc(Br)c(OC)c(Br)c2)C(=O)Nc2cc(Br)c(O)c(Br)c2)cc1. The maximum absolute atomic E-state index is 13.7. The van der Waals surface area contributed by atoms with Gasteiger partial charge in [-0.3, -0.25) is 9.59 Å². The normalized spacial score (nSPS) is 12.5. The van der Waals surface area contributed by atoms with Gasteiger partial charge < -0.3 is 25.6 Å². The average Bonchev–Trinajstić information content (AvgIpc) is 2.90. The lowest BCUT2D eigenvalue weighted by molar-refractivity contribution is -0.132. The third-order valence-corrected chi connectivity index (χ3v) is 8.35. The molecule has 3 aromatic carbocycles. The first-order valence-corrected chi connectivity index (χ1v) is 15.3. The first-order chi connectivity index (χ1) is 18.5. The van der Waals surface area contributed by atoms with E-state index in [0.29, 0.717) is 47.2 Å². The van der Waals surface area contributed by atoms with Crippen molar-refractivity contribution in [1.29, 1.82) is 0 Å². The van der Waals surface area contributed by atoms with E-state index in [2.05, 4.69) is 76.0 Å². The van der Waals surface area contributed by atoms with Crippen molar-refractivity contribution in [3.63, 3.8) is 0 Å². The topological polar surface area (TPSA) is 111 Å². The molecule has 0 heterocycles. The minimum atomic E-state index is -1.11. The van der Waals surface area contributed by atoms with Gasteiger partial charge in [-0.15, -0.1) is 0 Å². The standard InChI is InChI=1S/C28H28Br4N2O5/c1-3-4-9-39-18-7-5-16(6-8-18)24(33)25(35)19(10-15-11-22(31)27(38-2)23(32)12-15)28(37)34-17-13-20(29)26(36)21(30)14-17/h5-8,11-14,19,24,36H,3-4,9-10,33H2,1-2H3,(H,34,37). The molecule has 0 aliphatic heterocycles. The zero-order valence-corrected chi connectivity index (χ0v) is 27.6. The Morgan fingerprint density at radius 3 is 2.10 bits per heavy atom. The number of halogens is 4. The number of methoxy groups -OCH3 is 1. The van der Waals surface area contributed by atoms with Gasteiger partial charge in [-0.2, -0.15) is 0 Å². The molecule has 2 unspecified atom stereocenters. The highest BCUT2D eigenvalue weighted by molar-refractivity contribution is 9.11. The fraction of sp³-hybridized carbons (Fsp3) is 0.286. The van der Waals surface area contributed by atoms with E-state index in [0.717, 1.165) is 18.4 Å². The Hall–Kier alpha value is -1.92. The van der Waals surface area contributed by atoms with Gasteiger partial charge in [0.2, 0.25) is 5.91 Å². The third-order valence-electron chi connectivity index (χ3n) is 5.96. The molecule has 0 saturated carbocycles. The first kappa shape index (κ1) is 31.6. The second kappa shape index (κ2) is 14.6. The minimum Gasteiger partial charge on any atom is -0.506 e. The van der Waals surface area contributed by atoms with Crippen LogP contribution in [-0.2, 0) is 16.0 Å². The lowest BCUT2D eigenvalue weighted by Gasteiger charge is -2.21. The molecule has 0 bridgehead atoms. The number of unbranched alkanes of at least 4 members (excludes halogenated alkanes) is 1. The van der Waals surface area contributed by atoms with Gasteiger partial charge in [-0.25, -0.2) is 0 Å². The number of nitrogens with two attached hydrogens (primary N) is 1. The molecule has 1 amide bonds. The number of carbonyl (C=O) groups excluding carboxylic acids is 2. The number of Topliss-reactive ketones (excluding diaryl/α,β-unsaturated/α-hetero) is 1. The number of carbonyl (C=O) groups is 2. The van der Waals surface area contributed by atoms with Crippen molar-refractivity contribution in [2.75, 3.05) is 19.0 Å². The molecule has 0 fully saturated rings. The Kier molecular flexibility index (Phi) is 11.9. The number of amides is 1. The number of hydrogen-bond donors (Lipinski definition) is 3. The monoisotopic (exact) mass is 788 g/mol. The number of aromatic hydroxyl groups is 1. The molecule has 11 heteroatoms. The predicted octanol–water partition coefficient (Wildman–Crippen LogP) is 7.70. The number of anilines is 1. The van der Waals surface area contributed by atoms with Crippen molar-refractivity contribution in [1.82, 2.24) is 0 Å². The average molecular weight is 792 g/mol. The summed E-state index contributed by atoms with van der Waals surface area (Å²) in [4.78, 5) is 27.3. The van der Waals surface area contributed by atoms with E-state index in [4.69, 9.17) is 15.2 Å². The summed E-state index contributed by atoms with van der Waals surface area (Å²) in [6, 6.07) is 12.7. The molecule has 0 aliphatic carbocycles. The fourth-order valence-corrected chi connectivity index (χ4v) is 6.63. The van der Waals surface area contributed by atoms with Crippen LogP contribution in [0, 0.1) is 5.92 Å². The van der Waals surface area contributed by atoms with Gasteiger partial charge >= 0.3 is 0 Å². The van der Waals surface area contributed by atoms with E-state index < -0.39 is 23.7 Å². The fourth-order valence-electron chi connectivity index (χ4n) is 3.84. The molecule has 2 atom stereocenters. The van der Waals surface area contributed by atoms with Crippen molar-refractivity contribution in [3.8, 4) is 17.2 Å². The van der Waals surface area contributed by atoms with Gasteiger partial charge in [0.25, 0.3) is 0 Å². The second-order valence-corrected chi connectivity index (χ2v) is 12.2. The van der Waals surface area contributed by atoms with E-state index in [1.165, 1.54) is 0 Å². The number of phenols is 1. The number of hydrogen-bond acceptors (Lipinski definition) is 6. The van der Waals surface area contributed by atoms with Crippen LogP contribution in [0.4, 0.5) is 5.69 Å². The second-order valence-electron chi connectivity index (χ2n) is 8.78. The van der Waals surface area contributed by atoms with Gasteiger partial charge in [0.15, 0.2) is 5.78 Å². The minimum absolute atomic E-state index is 0.00213. The molecule has 3 rings (SSSR count). The van der Waals surface area contributed by atoms with Crippen LogP contribution in [0.15, 0.2) is 66.4 Å². The van der Waals surface area contributed by atoms with Crippen molar-refractivity contribution in [2.24, 2.45) is 11.7 Å². The van der Waals surface area contributed by atoms with E-state index >= 15 is 0 Å². The molecule has 0 aliphatic rings. The first-order valence-electron chi connectivity index (χ1n) is 12.1. The summed E-state index contributed by atoms with van der Waals surface area (Å²) in [5.74, 6) is -0.785. The Morgan fingerprint density at radius 1 is 0.974 bits per heavy atom. The van der Waals surface area contributed by atoms with Crippen LogP contribution in [0.3, 0.4) is 0 Å². The Bertz CT molecular complexity index is 1290. The Balaban J connectivity index is 1.90. The van der Waals surface area contributed by atoms with Crippen LogP contribution in [-0.4, -0.2) is 30.5 Å². The van der Waals surface area contributed by atoms with Crippen LogP contribution < -0.4 is 20.5 Å². The molecule has 0 saturated heterocycles. The van der Waals surface area contributed by atoms with Crippen LogP contribution in [0.25, 0.3) is 0 Å². The predicted molar refractivity (Wildman–Crippen MR) is 167 cm³/mol. The molecule has 7 nitrogen and oxygen atoms in total. The van der Waals surface area contributed by atoms with Crippen LogP contribution >= 0.6 is 63.7 Å². The summed E-state index contributed by atoms with van der Waals surface area (Å²) in [6.07, 6.45) is 2.07. The molecule has 39 heavy (non-hydrogen) atoms.